The van der Waals surface area contributed by atoms with Gasteiger partial charge in [-0.25, -0.2) is 4.68 Å². The summed E-state index contributed by atoms with van der Waals surface area (Å²) in [5.41, 5.74) is 3.60. The minimum Gasteiger partial charge on any atom is -0.508 e. The highest BCUT2D eigenvalue weighted by Crippen LogP contribution is 2.34. The van der Waals surface area contributed by atoms with Crippen LogP contribution in [0, 0.1) is 13.8 Å². The number of ether oxygens (including phenoxy) is 1. The molecule has 4 aromatic rings. The predicted molar refractivity (Wildman–Crippen MR) is 212 cm³/mol. The van der Waals surface area contributed by atoms with Crippen LogP contribution in [0.3, 0.4) is 0 Å². The summed E-state index contributed by atoms with van der Waals surface area (Å²) < 4.78 is 7.73. The number of unbranched alkanes of at least 4 members (excludes halogenated alkanes) is 9. The number of aromatic amines is 1. The van der Waals surface area contributed by atoms with Gasteiger partial charge in [0.2, 0.25) is 0 Å². The van der Waals surface area contributed by atoms with E-state index in [9.17, 15) is 14.7 Å². The molecule has 10 heteroatoms. The van der Waals surface area contributed by atoms with Crippen LogP contribution >= 0.6 is 23.2 Å². The average Bonchev–Trinajstić information content (AvgIpc) is 3.41. The number of aromatic nitrogens is 2. The molecule has 4 rings (SSSR count). The number of carbonyl (C=O) groups excluding carboxylic acids is 1. The highest BCUT2D eigenvalue weighted by atomic mass is 35.5. The predicted octanol–water partition coefficient (Wildman–Crippen LogP) is 11.5. The van der Waals surface area contributed by atoms with E-state index in [4.69, 9.17) is 27.9 Å². The number of benzene rings is 3. The number of phenolic OH excluding ortho intramolecular Hbond substituents is 1. The smallest absolute Gasteiger partial charge is 0.273 e. The lowest BCUT2D eigenvalue weighted by Crippen LogP contribution is -2.33. The molecule has 0 bridgehead atoms. The molecule has 1 amide bonds. The van der Waals surface area contributed by atoms with Crippen LogP contribution in [0.4, 0.5) is 17.2 Å². The third kappa shape index (κ3) is 11.6. The van der Waals surface area contributed by atoms with Crippen LogP contribution in [-0.2, 0) is 10.2 Å². The zero-order chi connectivity index (χ0) is 37.1. The number of hydrogen-bond donors (Lipinski definition) is 4. The highest BCUT2D eigenvalue weighted by Gasteiger charge is 2.24. The van der Waals surface area contributed by atoms with Gasteiger partial charge >= 0.3 is 0 Å². The molecule has 1 heterocycles. The number of hydrogen-bond acceptors (Lipinski definition) is 5. The lowest BCUT2D eigenvalue weighted by atomic mass is 9.86. The second-order valence-corrected chi connectivity index (χ2v) is 15.4. The van der Waals surface area contributed by atoms with E-state index in [-0.39, 0.29) is 22.6 Å². The number of rotatable bonds is 18. The summed E-state index contributed by atoms with van der Waals surface area (Å²) >= 11 is 13.1. The molecule has 276 valence electrons. The quantitative estimate of drug-likeness (QED) is 0.0760. The molecule has 1 unspecified atom stereocenters. The molecule has 0 aliphatic heterocycles. The number of carbonyl (C=O) groups is 1. The first-order valence-electron chi connectivity index (χ1n) is 18.2. The van der Waals surface area contributed by atoms with Crippen LogP contribution in [0.25, 0.3) is 5.69 Å². The number of nitrogens with one attached hydrogen (secondary N) is 3. The van der Waals surface area contributed by atoms with Gasteiger partial charge in [0.25, 0.3) is 11.5 Å². The fraction of sp³-hybridized carbons (Fsp3) is 0.463. The molecular weight excluding hydrogens is 683 g/mol. The molecular formula is C41H54Cl2N4O4. The van der Waals surface area contributed by atoms with Crippen molar-refractivity contribution in [2.75, 3.05) is 10.6 Å². The molecule has 0 radical (unpaired) electrons. The number of halogens is 2. The molecule has 3 aromatic carbocycles. The van der Waals surface area contributed by atoms with E-state index < -0.39 is 6.10 Å². The summed E-state index contributed by atoms with van der Waals surface area (Å²) in [5.74, 6) is 0.848. The number of anilines is 3. The number of H-pyrrole nitrogens is 1. The number of phenols is 1. The van der Waals surface area contributed by atoms with Gasteiger partial charge in [-0.1, -0.05) is 115 Å². The van der Waals surface area contributed by atoms with Gasteiger partial charge in [-0.3, -0.25) is 14.7 Å². The maximum Gasteiger partial charge on any atom is 0.273 e. The van der Waals surface area contributed by atoms with Crippen molar-refractivity contribution < 1.29 is 14.6 Å². The van der Waals surface area contributed by atoms with Gasteiger partial charge in [0.15, 0.2) is 6.10 Å². The van der Waals surface area contributed by atoms with Crippen LogP contribution in [0.2, 0.25) is 10.0 Å². The van der Waals surface area contributed by atoms with E-state index in [1.807, 2.05) is 52.8 Å². The number of aromatic hydroxyl groups is 1. The maximum absolute atomic E-state index is 13.8. The highest BCUT2D eigenvalue weighted by molar-refractivity contribution is 6.33. The molecule has 4 N–H and O–H groups in total. The summed E-state index contributed by atoms with van der Waals surface area (Å²) in [4.78, 5) is 26.8. The largest absolute Gasteiger partial charge is 0.508 e. The first kappa shape index (κ1) is 39.9. The fourth-order valence-corrected chi connectivity index (χ4v) is 6.87. The first-order chi connectivity index (χ1) is 24.3. The van der Waals surface area contributed by atoms with Gasteiger partial charge in [0.1, 0.15) is 17.3 Å². The Kier molecular flexibility index (Phi) is 14.5. The summed E-state index contributed by atoms with van der Waals surface area (Å²) in [6.45, 7) is 12.2. The van der Waals surface area contributed by atoms with E-state index in [1.54, 1.807) is 30.3 Å². The van der Waals surface area contributed by atoms with Crippen molar-refractivity contribution >= 4 is 46.3 Å². The van der Waals surface area contributed by atoms with Gasteiger partial charge < -0.3 is 20.5 Å². The van der Waals surface area contributed by atoms with Crippen LogP contribution in [-0.4, -0.2) is 26.9 Å². The Balaban J connectivity index is 1.47. The van der Waals surface area contributed by atoms with Crippen LogP contribution in [0.1, 0.15) is 115 Å². The topological polar surface area (TPSA) is 108 Å². The van der Waals surface area contributed by atoms with Gasteiger partial charge in [-0.05, 0) is 85.7 Å². The Labute approximate surface area is 312 Å². The molecule has 1 atom stereocenters. The molecule has 0 aliphatic carbocycles. The Morgan fingerprint density at radius 2 is 1.55 bits per heavy atom. The number of amides is 1. The Hall–Kier alpha value is -3.88. The zero-order valence-corrected chi connectivity index (χ0v) is 32.4. The van der Waals surface area contributed by atoms with Crippen molar-refractivity contribution in [2.24, 2.45) is 0 Å². The van der Waals surface area contributed by atoms with E-state index in [1.165, 1.54) is 55.7 Å². The number of aryl methyl sites for hydroxylation is 2. The Morgan fingerprint density at radius 1 is 0.882 bits per heavy atom. The molecule has 0 aliphatic rings. The van der Waals surface area contributed by atoms with Gasteiger partial charge in [-0.2, -0.15) is 0 Å². The van der Waals surface area contributed by atoms with Gasteiger partial charge in [-0.15, -0.1) is 0 Å². The third-order valence-electron chi connectivity index (χ3n) is 9.01. The molecule has 8 nitrogen and oxygen atoms in total. The second-order valence-electron chi connectivity index (χ2n) is 14.6. The molecule has 0 saturated carbocycles. The third-order valence-corrected chi connectivity index (χ3v) is 9.63. The van der Waals surface area contributed by atoms with Crippen molar-refractivity contribution in [3.05, 3.63) is 91.7 Å². The van der Waals surface area contributed by atoms with Crippen molar-refractivity contribution in [1.82, 2.24) is 9.78 Å². The summed E-state index contributed by atoms with van der Waals surface area (Å²) in [7, 11) is 0. The Morgan fingerprint density at radius 3 is 2.20 bits per heavy atom. The lowest BCUT2D eigenvalue weighted by molar-refractivity contribution is -0.123. The first-order valence-corrected chi connectivity index (χ1v) is 19.0. The maximum atomic E-state index is 13.8. The van der Waals surface area contributed by atoms with Crippen LogP contribution in [0.5, 0.6) is 11.5 Å². The summed E-state index contributed by atoms with van der Waals surface area (Å²) in [6, 6.07) is 15.5. The minimum absolute atomic E-state index is 0.195. The average molecular weight is 738 g/mol. The lowest BCUT2D eigenvalue weighted by Gasteiger charge is -2.23. The molecule has 51 heavy (non-hydrogen) atoms. The fourth-order valence-electron chi connectivity index (χ4n) is 6.30. The molecule has 0 fully saturated rings. The van der Waals surface area contributed by atoms with E-state index in [0.717, 1.165) is 36.0 Å². The monoisotopic (exact) mass is 736 g/mol. The summed E-state index contributed by atoms with van der Waals surface area (Å²) in [5, 5.41) is 20.6. The molecule has 1 aromatic heterocycles. The van der Waals surface area contributed by atoms with Gasteiger partial charge in [0, 0.05) is 17.3 Å². The van der Waals surface area contributed by atoms with Crippen molar-refractivity contribution in [3.63, 3.8) is 0 Å². The Bertz CT molecular complexity index is 1800. The standard InChI is InChI=1S/C41H54Cl2N4O4/c1-7-8-9-10-11-12-13-14-15-16-17-36(51-30-19-21-35(48)31(25-30)41(4,5)6)40(50)44-29-18-20-32(42)34(24-29)45-37-26-38(49)47(46-37)39-28(3)22-27(2)23-33(39)43/h18-26,36,45-46,48H,7-17H2,1-6H3,(H,44,50). The second kappa shape index (κ2) is 18.6. The number of nitrogens with zero attached hydrogens (tertiary/aromatic N) is 1. The van der Waals surface area contributed by atoms with E-state index in [2.05, 4.69) is 22.7 Å². The van der Waals surface area contributed by atoms with Crippen molar-refractivity contribution in [1.29, 1.82) is 0 Å². The van der Waals surface area contributed by atoms with E-state index in [0.29, 0.717) is 45.1 Å². The van der Waals surface area contributed by atoms with E-state index >= 15 is 0 Å². The molecule has 0 spiro atoms. The SMILES string of the molecule is CCCCCCCCCCCCC(Oc1ccc(O)c(C(C)(C)C)c1)C(=O)Nc1ccc(Cl)c(Nc2cc(=O)n(-c3c(C)cc(C)cc3Cl)[nH]2)c1. The van der Waals surface area contributed by atoms with Crippen molar-refractivity contribution in [2.45, 2.75) is 124 Å². The minimum atomic E-state index is -0.753. The molecule has 0 saturated heterocycles. The van der Waals surface area contributed by atoms with Crippen LogP contribution in [0.15, 0.2) is 59.4 Å². The van der Waals surface area contributed by atoms with Gasteiger partial charge in [0.05, 0.1) is 21.4 Å². The van der Waals surface area contributed by atoms with Crippen LogP contribution < -0.4 is 20.9 Å². The zero-order valence-electron chi connectivity index (χ0n) is 30.9. The normalized spacial score (nSPS) is 12.2. The summed E-state index contributed by atoms with van der Waals surface area (Å²) in [6.07, 6.45) is 11.7. The van der Waals surface area contributed by atoms with Crippen molar-refractivity contribution in [3.8, 4) is 17.2 Å².